The number of nitrogens with zero attached hydrogens (tertiary/aromatic N) is 3. The lowest BCUT2D eigenvalue weighted by atomic mass is 10.0. The first kappa shape index (κ1) is 30.8. The maximum Gasteiger partial charge on any atom is 0.159 e. The lowest BCUT2D eigenvalue weighted by Gasteiger charge is -2.23. The zero-order chi connectivity index (χ0) is 35.1. The Labute approximate surface area is 308 Å². The zero-order valence-electron chi connectivity index (χ0n) is 28.9. The standard InChI is InChI=1S/C49H34N4/c1-3-11-33(12-4-1)34-19-23-38(24-20-34)48-50-47(37-13-5-2-6-14-37)51-49(52-48)39-25-21-35(22-26-39)36-27-29-42(30-28-36)53-45-18-10-9-17-43(45)44-31-40-15-7-8-16-41(40)32-46(44)53/h1-32,47H,(H,50,51,52). The Bertz CT molecular complexity index is 2810. The summed E-state index contributed by atoms with van der Waals surface area (Å²) in [6, 6.07) is 68.8. The fourth-order valence-corrected chi connectivity index (χ4v) is 7.53. The molecule has 0 amide bonds. The van der Waals surface area contributed by atoms with Crippen molar-refractivity contribution in [3.8, 4) is 27.9 Å². The zero-order valence-corrected chi connectivity index (χ0v) is 28.9. The monoisotopic (exact) mass is 678 g/mol. The average Bonchev–Trinajstić information content (AvgIpc) is 3.56. The number of aliphatic imine (C=N–C) groups is 2. The maximum absolute atomic E-state index is 5.09. The highest BCUT2D eigenvalue weighted by molar-refractivity contribution is 6.14. The van der Waals surface area contributed by atoms with Crippen LogP contribution in [0.4, 0.5) is 0 Å². The van der Waals surface area contributed by atoms with Crippen LogP contribution in [0.25, 0.3) is 60.5 Å². The summed E-state index contributed by atoms with van der Waals surface area (Å²) in [4.78, 5) is 10.2. The van der Waals surface area contributed by atoms with Crippen molar-refractivity contribution in [3.05, 3.63) is 211 Å². The number of aromatic nitrogens is 1. The van der Waals surface area contributed by atoms with Crippen LogP contribution in [0.2, 0.25) is 0 Å². The molecule has 1 aromatic heterocycles. The predicted molar refractivity (Wildman–Crippen MR) is 221 cm³/mol. The second-order valence-electron chi connectivity index (χ2n) is 13.5. The van der Waals surface area contributed by atoms with Gasteiger partial charge >= 0.3 is 0 Å². The van der Waals surface area contributed by atoms with E-state index in [4.69, 9.17) is 9.98 Å². The van der Waals surface area contributed by atoms with Crippen molar-refractivity contribution in [1.82, 2.24) is 9.88 Å². The molecule has 0 bridgehead atoms. The summed E-state index contributed by atoms with van der Waals surface area (Å²) in [5.74, 6) is 1.52. The summed E-state index contributed by atoms with van der Waals surface area (Å²) in [5, 5.41) is 8.62. The Balaban J connectivity index is 0.972. The van der Waals surface area contributed by atoms with Gasteiger partial charge in [-0.15, -0.1) is 0 Å². The van der Waals surface area contributed by atoms with E-state index in [0.717, 1.165) is 39.3 Å². The van der Waals surface area contributed by atoms with Crippen LogP contribution in [0, 0.1) is 0 Å². The maximum atomic E-state index is 5.09. The Kier molecular flexibility index (Phi) is 7.51. The number of hydrogen-bond acceptors (Lipinski definition) is 3. The van der Waals surface area contributed by atoms with Crippen molar-refractivity contribution < 1.29 is 0 Å². The molecule has 0 spiro atoms. The molecule has 9 aromatic rings. The van der Waals surface area contributed by atoms with Gasteiger partial charge in [0.1, 0.15) is 12.0 Å². The third-order valence-electron chi connectivity index (χ3n) is 10.3. The van der Waals surface area contributed by atoms with Crippen LogP contribution in [0.3, 0.4) is 0 Å². The van der Waals surface area contributed by atoms with E-state index in [2.05, 4.69) is 192 Å². The fraction of sp³-hybridized carbons (Fsp3) is 0.0204. The lowest BCUT2D eigenvalue weighted by Crippen LogP contribution is -2.33. The summed E-state index contributed by atoms with van der Waals surface area (Å²) in [7, 11) is 0. The molecule has 53 heavy (non-hydrogen) atoms. The van der Waals surface area contributed by atoms with E-state index in [1.165, 1.54) is 43.7 Å². The van der Waals surface area contributed by atoms with Gasteiger partial charge < -0.3 is 9.88 Å². The molecule has 10 rings (SSSR count). The summed E-state index contributed by atoms with van der Waals surface area (Å²) < 4.78 is 2.38. The second kappa shape index (κ2) is 12.9. The topological polar surface area (TPSA) is 41.7 Å². The molecule has 0 fully saturated rings. The lowest BCUT2D eigenvalue weighted by molar-refractivity contribution is 0.674. The van der Waals surface area contributed by atoms with Gasteiger partial charge in [-0.05, 0) is 68.9 Å². The summed E-state index contributed by atoms with van der Waals surface area (Å²) in [6.07, 6.45) is -0.251. The minimum absolute atomic E-state index is 0.251. The number of rotatable bonds is 6. The van der Waals surface area contributed by atoms with Crippen LogP contribution in [0.5, 0.6) is 0 Å². The van der Waals surface area contributed by atoms with Crippen molar-refractivity contribution in [2.24, 2.45) is 9.98 Å². The van der Waals surface area contributed by atoms with Crippen LogP contribution >= 0.6 is 0 Å². The molecule has 0 saturated heterocycles. The van der Waals surface area contributed by atoms with Crippen LogP contribution in [-0.4, -0.2) is 16.2 Å². The van der Waals surface area contributed by atoms with Crippen LogP contribution in [-0.2, 0) is 0 Å². The number of hydrogen-bond donors (Lipinski definition) is 1. The quantitative estimate of drug-likeness (QED) is 0.187. The highest BCUT2D eigenvalue weighted by Gasteiger charge is 2.21. The van der Waals surface area contributed by atoms with Gasteiger partial charge in [0, 0.05) is 27.6 Å². The molecule has 1 unspecified atom stereocenters. The van der Waals surface area contributed by atoms with Gasteiger partial charge in [0.2, 0.25) is 0 Å². The molecule has 2 heterocycles. The highest BCUT2D eigenvalue weighted by Crippen LogP contribution is 2.35. The van der Waals surface area contributed by atoms with Gasteiger partial charge in [0.25, 0.3) is 0 Å². The summed E-state index contributed by atoms with van der Waals surface area (Å²) in [5.41, 5.74) is 11.3. The van der Waals surface area contributed by atoms with Crippen LogP contribution in [0.1, 0.15) is 22.9 Å². The summed E-state index contributed by atoms with van der Waals surface area (Å²) in [6.45, 7) is 0. The Hall–Kier alpha value is -7.04. The predicted octanol–water partition coefficient (Wildman–Crippen LogP) is 11.8. The highest BCUT2D eigenvalue weighted by atomic mass is 15.2. The average molecular weight is 679 g/mol. The molecule has 1 aliphatic heterocycles. The van der Waals surface area contributed by atoms with E-state index in [0.29, 0.717) is 5.84 Å². The van der Waals surface area contributed by atoms with Gasteiger partial charge in [0.05, 0.1) is 11.0 Å². The number of benzene rings is 8. The first-order chi connectivity index (χ1) is 26.2. The minimum Gasteiger partial charge on any atom is -0.344 e. The smallest absolute Gasteiger partial charge is 0.159 e. The van der Waals surface area contributed by atoms with E-state index < -0.39 is 0 Å². The second-order valence-corrected chi connectivity index (χ2v) is 13.5. The van der Waals surface area contributed by atoms with Crippen LogP contribution < -0.4 is 5.32 Å². The molecule has 8 aromatic carbocycles. The Morgan fingerprint density at radius 3 is 1.64 bits per heavy atom. The van der Waals surface area contributed by atoms with Crippen molar-refractivity contribution >= 4 is 44.2 Å². The van der Waals surface area contributed by atoms with E-state index in [9.17, 15) is 0 Å². The molecule has 4 nitrogen and oxygen atoms in total. The molecular weight excluding hydrogens is 645 g/mol. The molecule has 0 saturated carbocycles. The SMILES string of the molecule is c1ccc(-c2ccc(C3=NC(c4ccc(-c5ccc(-n6c7ccccc7c7cc8ccccc8cc76)cc5)cc4)=NC(c4ccccc4)N3)cc2)cc1. The molecule has 1 aliphatic rings. The first-order valence-electron chi connectivity index (χ1n) is 18.0. The minimum atomic E-state index is -0.251. The third kappa shape index (κ3) is 5.67. The van der Waals surface area contributed by atoms with E-state index in [1.54, 1.807) is 0 Å². The normalized spacial score (nSPS) is 14.2. The van der Waals surface area contributed by atoms with Crippen molar-refractivity contribution in [3.63, 3.8) is 0 Å². The third-order valence-corrected chi connectivity index (χ3v) is 10.3. The number of para-hydroxylation sites is 1. The van der Waals surface area contributed by atoms with Gasteiger partial charge in [-0.3, -0.25) is 0 Å². The number of amidine groups is 2. The number of nitrogens with one attached hydrogen (secondary N) is 1. The molecule has 250 valence electrons. The fourth-order valence-electron chi connectivity index (χ4n) is 7.53. The van der Waals surface area contributed by atoms with E-state index in [-0.39, 0.29) is 6.17 Å². The van der Waals surface area contributed by atoms with Gasteiger partial charge in [-0.1, -0.05) is 164 Å². The summed E-state index contributed by atoms with van der Waals surface area (Å²) >= 11 is 0. The molecule has 4 heteroatoms. The Morgan fingerprint density at radius 1 is 0.415 bits per heavy atom. The van der Waals surface area contributed by atoms with Gasteiger partial charge in [-0.2, -0.15) is 0 Å². The largest absolute Gasteiger partial charge is 0.344 e. The van der Waals surface area contributed by atoms with Crippen molar-refractivity contribution in [2.45, 2.75) is 6.17 Å². The Morgan fingerprint density at radius 2 is 0.943 bits per heavy atom. The molecule has 0 aliphatic carbocycles. The number of fused-ring (bicyclic) bond motifs is 4. The first-order valence-corrected chi connectivity index (χ1v) is 18.0. The molecule has 1 atom stereocenters. The van der Waals surface area contributed by atoms with Crippen molar-refractivity contribution in [2.75, 3.05) is 0 Å². The van der Waals surface area contributed by atoms with Gasteiger partial charge in [0.15, 0.2) is 5.84 Å². The van der Waals surface area contributed by atoms with Crippen molar-refractivity contribution in [1.29, 1.82) is 0 Å². The molecule has 0 radical (unpaired) electrons. The molecular formula is C49H34N4. The molecule has 1 N–H and O–H groups in total. The van der Waals surface area contributed by atoms with Crippen LogP contribution in [0.15, 0.2) is 204 Å². The van der Waals surface area contributed by atoms with E-state index >= 15 is 0 Å². The van der Waals surface area contributed by atoms with E-state index in [1.807, 2.05) is 12.1 Å². The van der Waals surface area contributed by atoms with Gasteiger partial charge in [-0.25, -0.2) is 9.98 Å².